The fourth-order valence-corrected chi connectivity index (χ4v) is 2.95. The number of hydrogen-bond donors (Lipinski definition) is 1. The molecule has 90 valence electrons. The Hall–Kier alpha value is -1.71. The molecule has 0 bridgehead atoms. The van der Waals surface area contributed by atoms with Crippen LogP contribution < -0.4 is 5.32 Å². The van der Waals surface area contributed by atoms with Crippen molar-refractivity contribution in [2.75, 3.05) is 26.0 Å². The summed E-state index contributed by atoms with van der Waals surface area (Å²) in [7, 11) is 3.77. The van der Waals surface area contributed by atoms with Crippen LogP contribution in [-0.4, -0.2) is 42.5 Å². The van der Waals surface area contributed by atoms with E-state index < -0.39 is 0 Å². The van der Waals surface area contributed by atoms with Gasteiger partial charge in [0.25, 0.3) is 0 Å². The van der Waals surface area contributed by atoms with E-state index in [1.165, 1.54) is 11.1 Å². The highest BCUT2D eigenvalue weighted by molar-refractivity contribution is 5.79. The van der Waals surface area contributed by atoms with Crippen molar-refractivity contribution < 1.29 is 4.79 Å². The molecule has 0 aromatic heterocycles. The first kappa shape index (κ1) is 10.4. The number of aryl methyl sites for hydroxylation is 1. The highest BCUT2D eigenvalue weighted by Gasteiger charge is 2.45. The van der Waals surface area contributed by atoms with Gasteiger partial charge in [-0.25, -0.2) is 4.79 Å². The van der Waals surface area contributed by atoms with Crippen molar-refractivity contribution in [1.82, 2.24) is 9.80 Å². The Labute approximate surface area is 101 Å². The summed E-state index contributed by atoms with van der Waals surface area (Å²) in [6, 6.07) is 6.92. The Balaban J connectivity index is 2.11. The van der Waals surface area contributed by atoms with E-state index in [2.05, 4.69) is 30.4 Å². The molecule has 1 aromatic rings. The molecule has 1 saturated heterocycles. The first-order chi connectivity index (χ1) is 8.09. The molecule has 2 aliphatic rings. The second-order valence-corrected chi connectivity index (χ2v) is 4.99. The van der Waals surface area contributed by atoms with Gasteiger partial charge in [0.15, 0.2) is 0 Å². The van der Waals surface area contributed by atoms with Crippen LogP contribution in [0.2, 0.25) is 0 Å². The van der Waals surface area contributed by atoms with Gasteiger partial charge in [0.2, 0.25) is 0 Å². The highest BCUT2D eigenvalue weighted by Crippen LogP contribution is 2.40. The summed E-state index contributed by atoms with van der Waals surface area (Å²) in [6.07, 6.45) is 0. The number of carbonyl (C=O) groups is 1. The minimum Gasteiger partial charge on any atom is -0.383 e. The molecule has 1 aromatic carbocycles. The summed E-state index contributed by atoms with van der Waals surface area (Å²) >= 11 is 0. The van der Waals surface area contributed by atoms with Crippen LogP contribution in [0.1, 0.15) is 17.2 Å². The highest BCUT2D eigenvalue weighted by atomic mass is 16.2. The smallest absolute Gasteiger partial charge is 0.320 e. The van der Waals surface area contributed by atoms with Crippen molar-refractivity contribution in [2.24, 2.45) is 0 Å². The van der Waals surface area contributed by atoms with E-state index in [1.807, 2.05) is 23.9 Å². The Morgan fingerprint density at radius 3 is 2.82 bits per heavy atom. The molecule has 2 amide bonds. The number of nitrogens with one attached hydrogen (secondary N) is 1. The van der Waals surface area contributed by atoms with Crippen molar-refractivity contribution in [2.45, 2.75) is 19.0 Å². The summed E-state index contributed by atoms with van der Waals surface area (Å²) in [4.78, 5) is 15.7. The molecule has 0 radical (unpaired) electrons. The lowest BCUT2D eigenvalue weighted by Crippen LogP contribution is -2.39. The summed E-state index contributed by atoms with van der Waals surface area (Å²) in [5.74, 6) is 0. The minimum absolute atomic E-state index is 0.108. The number of amides is 2. The maximum atomic E-state index is 12.0. The van der Waals surface area contributed by atoms with Crippen LogP contribution in [0.5, 0.6) is 0 Å². The van der Waals surface area contributed by atoms with E-state index in [0.717, 1.165) is 12.2 Å². The third-order valence-electron chi connectivity index (χ3n) is 3.91. The van der Waals surface area contributed by atoms with Crippen LogP contribution >= 0.6 is 0 Å². The minimum atomic E-state index is 0.108. The average Bonchev–Trinajstić information content (AvgIpc) is 2.54. The quantitative estimate of drug-likeness (QED) is 0.739. The van der Waals surface area contributed by atoms with Crippen molar-refractivity contribution >= 4 is 11.7 Å². The first-order valence-corrected chi connectivity index (χ1v) is 5.93. The molecule has 2 heterocycles. The second-order valence-electron chi connectivity index (χ2n) is 4.99. The Kier molecular flexibility index (Phi) is 2.08. The fourth-order valence-electron chi connectivity index (χ4n) is 2.95. The molecule has 2 atom stereocenters. The predicted octanol–water partition coefficient (Wildman–Crippen LogP) is 1.83. The average molecular weight is 231 g/mol. The van der Waals surface area contributed by atoms with Crippen LogP contribution in [0.4, 0.5) is 10.5 Å². The summed E-state index contributed by atoms with van der Waals surface area (Å²) < 4.78 is 0. The van der Waals surface area contributed by atoms with Crippen LogP contribution in [0.3, 0.4) is 0 Å². The lowest BCUT2D eigenvalue weighted by molar-refractivity contribution is 0.200. The molecule has 4 heteroatoms. The second kappa shape index (κ2) is 3.39. The maximum absolute atomic E-state index is 12.0. The zero-order valence-electron chi connectivity index (χ0n) is 10.4. The molecule has 2 unspecified atom stereocenters. The molecule has 0 saturated carbocycles. The maximum Gasteiger partial charge on any atom is 0.320 e. The molecule has 17 heavy (non-hydrogen) atoms. The lowest BCUT2D eigenvalue weighted by atomic mass is 9.92. The van der Waals surface area contributed by atoms with E-state index in [4.69, 9.17) is 0 Å². The third-order valence-corrected chi connectivity index (χ3v) is 3.91. The Morgan fingerprint density at radius 1 is 1.29 bits per heavy atom. The fraction of sp³-hybridized carbons (Fsp3) is 0.462. The molecule has 1 fully saturated rings. The van der Waals surface area contributed by atoms with E-state index in [1.54, 1.807) is 0 Å². The van der Waals surface area contributed by atoms with Gasteiger partial charge in [-0.1, -0.05) is 17.7 Å². The monoisotopic (exact) mass is 231 g/mol. The van der Waals surface area contributed by atoms with Gasteiger partial charge in [0.05, 0.1) is 12.1 Å². The van der Waals surface area contributed by atoms with Gasteiger partial charge in [-0.3, -0.25) is 0 Å². The van der Waals surface area contributed by atoms with E-state index in [-0.39, 0.29) is 18.1 Å². The van der Waals surface area contributed by atoms with Crippen molar-refractivity contribution in [3.8, 4) is 0 Å². The molecule has 4 nitrogen and oxygen atoms in total. The zero-order valence-corrected chi connectivity index (χ0v) is 10.4. The molecule has 2 aliphatic heterocycles. The largest absolute Gasteiger partial charge is 0.383 e. The Bertz CT molecular complexity index is 486. The van der Waals surface area contributed by atoms with Crippen molar-refractivity contribution in [3.63, 3.8) is 0 Å². The van der Waals surface area contributed by atoms with Gasteiger partial charge in [-0.15, -0.1) is 0 Å². The van der Waals surface area contributed by atoms with Gasteiger partial charge in [-0.05, 0) is 13.0 Å². The number of hydrogen-bond acceptors (Lipinski definition) is 2. The van der Waals surface area contributed by atoms with Gasteiger partial charge >= 0.3 is 6.03 Å². The normalized spacial score (nSPS) is 26.6. The molecule has 0 spiro atoms. The Morgan fingerprint density at radius 2 is 2.06 bits per heavy atom. The molecule has 1 N–H and O–H groups in total. The number of fused-ring (bicyclic) bond motifs is 3. The van der Waals surface area contributed by atoms with Crippen LogP contribution in [0.15, 0.2) is 18.2 Å². The number of nitrogens with zero attached hydrogens (tertiary/aromatic N) is 2. The molecule has 0 aliphatic carbocycles. The zero-order chi connectivity index (χ0) is 12.2. The lowest BCUT2D eigenvalue weighted by Gasteiger charge is -2.33. The number of likely N-dealkylation sites (N-methyl/N-ethyl adjacent to an activating group) is 2. The summed E-state index contributed by atoms with van der Waals surface area (Å²) in [6.45, 7) is 2.91. The topological polar surface area (TPSA) is 35.6 Å². The van der Waals surface area contributed by atoms with Gasteiger partial charge in [0.1, 0.15) is 0 Å². The van der Waals surface area contributed by atoms with Gasteiger partial charge in [-0.2, -0.15) is 0 Å². The van der Waals surface area contributed by atoms with Gasteiger partial charge < -0.3 is 15.1 Å². The summed E-state index contributed by atoms with van der Waals surface area (Å²) in [5, 5.41) is 3.41. The van der Waals surface area contributed by atoms with E-state index >= 15 is 0 Å². The number of rotatable bonds is 0. The van der Waals surface area contributed by atoms with Crippen LogP contribution in [0, 0.1) is 6.92 Å². The number of benzene rings is 1. The van der Waals surface area contributed by atoms with E-state index in [0.29, 0.717) is 0 Å². The number of urea groups is 1. The van der Waals surface area contributed by atoms with Crippen molar-refractivity contribution in [3.05, 3.63) is 29.3 Å². The van der Waals surface area contributed by atoms with Crippen LogP contribution in [-0.2, 0) is 0 Å². The molecular formula is C13H17N3O. The van der Waals surface area contributed by atoms with Gasteiger partial charge in [0, 0.05) is 31.9 Å². The third kappa shape index (κ3) is 1.33. The number of anilines is 1. The van der Waals surface area contributed by atoms with E-state index in [9.17, 15) is 4.79 Å². The number of carbonyl (C=O) groups excluding carboxylic acids is 1. The summed E-state index contributed by atoms with van der Waals surface area (Å²) in [5.41, 5.74) is 3.63. The molecule has 3 rings (SSSR count). The standard InChI is InChI=1S/C13H17N3O/c1-8-4-5-10-9(6-8)12-11(7-14-10)15(2)13(17)16(12)3/h4-6,11-12,14H,7H2,1-3H3. The van der Waals surface area contributed by atoms with Crippen molar-refractivity contribution in [1.29, 1.82) is 0 Å². The predicted molar refractivity (Wildman–Crippen MR) is 67.1 cm³/mol. The van der Waals surface area contributed by atoms with Crippen LogP contribution in [0.25, 0.3) is 0 Å². The first-order valence-electron chi connectivity index (χ1n) is 5.93. The SMILES string of the molecule is Cc1ccc2c(c1)C1C(CN2)N(C)C(=O)N1C. The molecular weight excluding hydrogens is 214 g/mol.